The van der Waals surface area contributed by atoms with Gasteiger partial charge in [0.1, 0.15) is 0 Å². The maximum Gasteiger partial charge on any atom is 0.317 e. The second-order valence-electron chi connectivity index (χ2n) is 3.08. The average Bonchev–Trinajstić information content (AvgIpc) is 2.05. The summed E-state index contributed by atoms with van der Waals surface area (Å²) in [5.74, 6) is -0.968. The first kappa shape index (κ1) is 13.9. The van der Waals surface area contributed by atoms with E-state index >= 15 is 0 Å². The van der Waals surface area contributed by atoms with Crippen molar-refractivity contribution in [3.05, 3.63) is 0 Å². The molecule has 0 aromatic rings. The third kappa shape index (κ3) is 12.1. The summed E-state index contributed by atoms with van der Waals surface area (Å²) in [6.45, 7) is 3.41. The molecule has 5 N–H and O–H groups in total. The first-order valence-electron chi connectivity index (χ1n) is 3.53. The van der Waals surface area contributed by atoms with Crippen molar-refractivity contribution in [1.29, 1.82) is 0 Å². The van der Waals surface area contributed by atoms with Gasteiger partial charge in [-0.1, -0.05) is 13.8 Å². The smallest absolute Gasteiger partial charge is 0.317 e. The Kier molecular flexibility index (Phi) is 8.14. The number of hydrogen-bond donors (Lipinski definition) is 4. The molecule has 74 valence electrons. The van der Waals surface area contributed by atoms with Gasteiger partial charge in [-0.05, 0) is 0 Å². The van der Waals surface area contributed by atoms with E-state index in [2.05, 4.69) is 5.73 Å². The Balaban J connectivity index is 0. The van der Waals surface area contributed by atoms with Crippen LogP contribution in [0.2, 0.25) is 0 Å². The van der Waals surface area contributed by atoms with Crippen LogP contribution in [0.25, 0.3) is 0 Å². The topological polar surface area (TPSA) is 104 Å². The number of carbonyl (C=O) groups is 1. The molecule has 12 heavy (non-hydrogen) atoms. The summed E-state index contributed by atoms with van der Waals surface area (Å²) in [6, 6.07) is 0. The van der Waals surface area contributed by atoms with Crippen LogP contribution in [0, 0.1) is 5.41 Å². The zero-order chi connectivity index (χ0) is 10.2. The molecule has 0 aromatic carbocycles. The van der Waals surface area contributed by atoms with Crippen molar-refractivity contribution in [2.45, 2.75) is 13.8 Å². The summed E-state index contributed by atoms with van der Waals surface area (Å²) in [5.41, 5.74) is 4.27. The van der Waals surface area contributed by atoms with Crippen molar-refractivity contribution < 1.29 is 20.1 Å². The molecule has 0 aliphatic carbocycles. The van der Waals surface area contributed by atoms with Crippen molar-refractivity contribution in [3.63, 3.8) is 0 Å². The minimum atomic E-state index is -0.968. The van der Waals surface area contributed by atoms with Gasteiger partial charge in [0.2, 0.25) is 0 Å². The number of aliphatic hydroxyl groups is 2. The molecule has 5 nitrogen and oxygen atoms in total. The Morgan fingerprint density at radius 3 is 1.58 bits per heavy atom. The summed E-state index contributed by atoms with van der Waals surface area (Å²) >= 11 is 0. The van der Waals surface area contributed by atoms with Gasteiger partial charge in [-0.25, -0.2) is 0 Å². The van der Waals surface area contributed by atoms with Crippen molar-refractivity contribution in [1.82, 2.24) is 0 Å². The monoisotopic (exact) mass is 179 g/mol. The standard InChI is InChI=1S/C5H12O2.C2H5NO2/c1-5(2,3-6)4-7;3-1-2(4)5/h6-7H,3-4H2,1-2H3;1,3H2,(H,4,5). The van der Waals surface area contributed by atoms with E-state index in [1.807, 2.05) is 0 Å². The van der Waals surface area contributed by atoms with E-state index in [-0.39, 0.29) is 25.2 Å². The molecule has 0 rings (SSSR count). The largest absolute Gasteiger partial charge is 0.480 e. The number of nitrogens with two attached hydrogens (primary N) is 1. The van der Waals surface area contributed by atoms with Gasteiger partial charge < -0.3 is 21.1 Å². The molecule has 0 amide bonds. The van der Waals surface area contributed by atoms with Crippen LogP contribution in [0.15, 0.2) is 0 Å². The third-order valence-corrected chi connectivity index (χ3v) is 1.03. The number of carboxylic acids is 1. The van der Waals surface area contributed by atoms with E-state index in [4.69, 9.17) is 15.3 Å². The Hall–Kier alpha value is -0.650. The Morgan fingerprint density at radius 1 is 1.33 bits per heavy atom. The molecule has 0 radical (unpaired) electrons. The van der Waals surface area contributed by atoms with Crippen LogP contribution < -0.4 is 5.73 Å². The minimum absolute atomic E-state index is 0.0451. The lowest BCUT2D eigenvalue weighted by Crippen LogP contribution is -2.20. The highest BCUT2D eigenvalue weighted by molar-refractivity contribution is 5.68. The summed E-state index contributed by atoms with van der Waals surface area (Å²) in [5, 5.41) is 24.5. The fourth-order valence-corrected chi connectivity index (χ4v) is 0.0500. The van der Waals surface area contributed by atoms with Crippen LogP contribution in [0.4, 0.5) is 0 Å². The second-order valence-corrected chi connectivity index (χ2v) is 3.08. The molecular weight excluding hydrogens is 162 g/mol. The molecule has 0 atom stereocenters. The third-order valence-electron chi connectivity index (χ3n) is 1.03. The molecule has 5 heteroatoms. The van der Waals surface area contributed by atoms with Crippen molar-refractivity contribution in [2.75, 3.05) is 19.8 Å². The molecule has 0 fully saturated rings. The van der Waals surface area contributed by atoms with Gasteiger partial charge in [0.05, 0.1) is 19.8 Å². The van der Waals surface area contributed by atoms with E-state index in [1.165, 1.54) is 0 Å². The van der Waals surface area contributed by atoms with E-state index in [9.17, 15) is 4.79 Å². The number of aliphatic carboxylic acids is 1. The summed E-state index contributed by atoms with van der Waals surface area (Å²) < 4.78 is 0. The zero-order valence-corrected chi connectivity index (χ0v) is 7.45. The van der Waals surface area contributed by atoms with Gasteiger partial charge in [0.15, 0.2) is 0 Å². The number of carboxylic acid groups (broad SMARTS) is 1. The molecular formula is C7H17NO4. The quantitative estimate of drug-likeness (QED) is 0.446. The zero-order valence-electron chi connectivity index (χ0n) is 7.45. The number of rotatable bonds is 3. The summed E-state index contributed by atoms with van der Waals surface area (Å²) in [6.07, 6.45) is 0. The van der Waals surface area contributed by atoms with E-state index < -0.39 is 5.97 Å². The van der Waals surface area contributed by atoms with Crippen LogP contribution in [-0.4, -0.2) is 41.0 Å². The van der Waals surface area contributed by atoms with Gasteiger partial charge in [-0.15, -0.1) is 0 Å². The van der Waals surface area contributed by atoms with E-state index in [0.717, 1.165) is 0 Å². The lowest BCUT2D eigenvalue weighted by atomic mass is 9.97. The second kappa shape index (κ2) is 7.02. The minimum Gasteiger partial charge on any atom is -0.480 e. The highest BCUT2D eigenvalue weighted by Gasteiger charge is 2.13. The highest BCUT2D eigenvalue weighted by Crippen LogP contribution is 2.10. The van der Waals surface area contributed by atoms with E-state index in [1.54, 1.807) is 13.8 Å². The molecule has 0 bridgehead atoms. The Morgan fingerprint density at radius 2 is 1.58 bits per heavy atom. The lowest BCUT2D eigenvalue weighted by molar-refractivity contribution is -0.135. The van der Waals surface area contributed by atoms with Crippen molar-refractivity contribution >= 4 is 5.97 Å². The normalized spacial score (nSPS) is 10.1. The van der Waals surface area contributed by atoms with E-state index in [0.29, 0.717) is 0 Å². The molecule has 0 aliphatic heterocycles. The predicted molar refractivity (Wildman–Crippen MR) is 44.6 cm³/mol. The lowest BCUT2D eigenvalue weighted by Gasteiger charge is -2.16. The maximum absolute atomic E-state index is 9.24. The van der Waals surface area contributed by atoms with Crippen LogP contribution in [0.1, 0.15) is 13.8 Å². The molecule has 0 aromatic heterocycles. The number of aliphatic hydroxyl groups excluding tert-OH is 2. The van der Waals surface area contributed by atoms with Gasteiger partial charge in [-0.3, -0.25) is 4.79 Å². The van der Waals surface area contributed by atoms with Crippen molar-refractivity contribution in [3.8, 4) is 0 Å². The first-order chi connectivity index (χ1) is 5.39. The van der Waals surface area contributed by atoms with Crippen molar-refractivity contribution in [2.24, 2.45) is 11.1 Å². The fraction of sp³-hybridized carbons (Fsp3) is 0.857. The molecule has 0 saturated heterocycles. The molecule has 0 aliphatic rings. The van der Waals surface area contributed by atoms with Crippen LogP contribution in [0.5, 0.6) is 0 Å². The Labute approximate surface area is 71.8 Å². The van der Waals surface area contributed by atoms with Gasteiger partial charge >= 0.3 is 5.97 Å². The summed E-state index contributed by atoms with van der Waals surface area (Å²) in [4.78, 5) is 9.24. The Bertz CT molecular complexity index is 119. The highest BCUT2D eigenvalue weighted by atomic mass is 16.4. The van der Waals surface area contributed by atoms with Gasteiger partial charge in [-0.2, -0.15) is 0 Å². The molecule has 0 saturated carbocycles. The molecule has 0 unspecified atom stereocenters. The number of hydrogen-bond acceptors (Lipinski definition) is 4. The van der Waals surface area contributed by atoms with Crippen LogP contribution in [-0.2, 0) is 4.79 Å². The molecule has 0 spiro atoms. The SMILES string of the molecule is CC(C)(CO)CO.NCC(=O)O. The average molecular weight is 179 g/mol. The van der Waals surface area contributed by atoms with Crippen LogP contribution >= 0.6 is 0 Å². The fourth-order valence-electron chi connectivity index (χ4n) is 0.0500. The van der Waals surface area contributed by atoms with Crippen LogP contribution in [0.3, 0.4) is 0 Å². The van der Waals surface area contributed by atoms with Gasteiger partial charge in [0, 0.05) is 5.41 Å². The maximum atomic E-state index is 9.24. The summed E-state index contributed by atoms with van der Waals surface area (Å²) in [7, 11) is 0. The molecule has 0 heterocycles. The first-order valence-corrected chi connectivity index (χ1v) is 3.53. The predicted octanol–water partition coefficient (Wildman–Crippen LogP) is -0.973. The van der Waals surface area contributed by atoms with Gasteiger partial charge in [0.25, 0.3) is 0 Å².